The van der Waals surface area contributed by atoms with Crippen molar-refractivity contribution < 1.29 is 19.4 Å². The van der Waals surface area contributed by atoms with Crippen LogP contribution < -0.4 is 10.6 Å². The molecule has 0 fully saturated rings. The fourth-order valence-electron chi connectivity index (χ4n) is 1.39. The van der Waals surface area contributed by atoms with Gasteiger partial charge in [0.15, 0.2) is 0 Å². The molecule has 0 aromatic heterocycles. The first-order valence-corrected chi connectivity index (χ1v) is 4.44. The Morgan fingerprint density at radius 1 is 1.06 bits per heavy atom. The number of amides is 2. The molecule has 18 heavy (non-hydrogen) atoms. The minimum Gasteiger partial charge on any atom is -0.316 e. The quantitative estimate of drug-likeness (QED) is 0.451. The average molecular weight is 251 g/mol. The summed E-state index contributed by atoms with van der Waals surface area (Å²) in [6, 6.07) is 1.56. The van der Waals surface area contributed by atoms with Gasteiger partial charge in [-0.15, -0.1) is 0 Å². The van der Waals surface area contributed by atoms with Gasteiger partial charge in [-0.1, -0.05) is 0 Å². The fourth-order valence-corrected chi connectivity index (χ4v) is 1.39. The lowest BCUT2D eigenvalue weighted by Crippen LogP contribution is -2.33. The number of fused-ring (bicyclic) bond motifs is 1. The highest BCUT2D eigenvalue weighted by molar-refractivity contribution is 6.42. The molecular weight excluding hydrogens is 248 g/mol. The summed E-state index contributed by atoms with van der Waals surface area (Å²) in [5, 5.41) is 26.6. The van der Waals surface area contributed by atoms with Crippen LogP contribution in [-0.4, -0.2) is 21.7 Å². The Hall–Kier alpha value is -3.04. The van der Waals surface area contributed by atoms with Gasteiger partial charge in [-0.25, -0.2) is 5.32 Å². The summed E-state index contributed by atoms with van der Waals surface area (Å²) >= 11 is 0. The largest absolute Gasteiger partial charge is 0.348 e. The van der Waals surface area contributed by atoms with Crippen LogP contribution in [-0.2, 0) is 9.59 Å². The van der Waals surface area contributed by atoms with Crippen molar-refractivity contribution >= 4 is 34.6 Å². The van der Waals surface area contributed by atoms with E-state index in [4.69, 9.17) is 0 Å². The van der Waals surface area contributed by atoms with Gasteiger partial charge in [-0.3, -0.25) is 29.8 Å². The molecule has 0 spiro atoms. The topological polar surface area (TPSA) is 147 Å². The van der Waals surface area contributed by atoms with Gasteiger partial charge in [0.2, 0.25) is 0 Å². The van der Waals surface area contributed by atoms with Crippen molar-refractivity contribution in [1.82, 2.24) is 5.32 Å². The fraction of sp³-hybridized carbons (Fsp3) is 0. The van der Waals surface area contributed by atoms with Crippen LogP contribution in [0.1, 0.15) is 0 Å². The normalized spacial score (nSPS) is 13.3. The van der Waals surface area contributed by atoms with Gasteiger partial charge in [-0.05, 0) is 0 Å². The Morgan fingerprint density at radius 2 is 1.61 bits per heavy atom. The van der Waals surface area contributed by atoms with E-state index in [2.05, 4.69) is 10.6 Å². The second kappa shape index (κ2) is 3.76. The Labute approximate surface area is 97.9 Å². The second-order valence-corrected chi connectivity index (χ2v) is 3.24. The molecule has 10 nitrogen and oxygen atoms in total. The summed E-state index contributed by atoms with van der Waals surface area (Å²) in [5.41, 5.74) is -1.89. The minimum atomic E-state index is -1.12. The third-order valence-electron chi connectivity index (χ3n) is 2.15. The van der Waals surface area contributed by atoms with Crippen molar-refractivity contribution in [2.45, 2.75) is 0 Å². The number of carbonyl (C=O) groups is 2. The Kier molecular flexibility index (Phi) is 2.39. The van der Waals surface area contributed by atoms with E-state index in [-0.39, 0.29) is 11.4 Å². The molecule has 1 aromatic rings. The number of nitro benzene ring substituents is 2. The number of anilines is 1. The zero-order chi connectivity index (χ0) is 13.4. The van der Waals surface area contributed by atoms with Crippen LogP contribution in [0.5, 0.6) is 0 Å². The van der Waals surface area contributed by atoms with Crippen LogP contribution in [0, 0.1) is 20.2 Å². The van der Waals surface area contributed by atoms with Gasteiger partial charge in [0.05, 0.1) is 27.3 Å². The van der Waals surface area contributed by atoms with E-state index in [1.807, 2.05) is 0 Å². The number of nitrogens with zero attached hydrogens (tertiary/aromatic N) is 3. The van der Waals surface area contributed by atoms with Gasteiger partial charge in [0.25, 0.3) is 0 Å². The lowest BCUT2D eigenvalue weighted by atomic mass is 10.1. The summed E-state index contributed by atoms with van der Waals surface area (Å²) < 4.78 is 0. The van der Waals surface area contributed by atoms with Crippen LogP contribution in [0.25, 0.3) is 0 Å². The molecule has 10 heteroatoms. The summed E-state index contributed by atoms with van der Waals surface area (Å²) in [4.78, 5) is 41.3. The number of hydrogen-bond acceptors (Lipinski definition) is 6. The summed E-state index contributed by atoms with van der Waals surface area (Å²) in [6.07, 6.45) is 0. The predicted molar refractivity (Wildman–Crippen MR) is 55.2 cm³/mol. The molecule has 1 aliphatic heterocycles. The zero-order valence-electron chi connectivity index (χ0n) is 8.45. The van der Waals surface area contributed by atoms with E-state index in [1.54, 1.807) is 0 Å². The summed E-state index contributed by atoms with van der Waals surface area (Å²) in [7, 11) is 0. The van der Waals surface area contributed by atoms with Crippen molar-refractivity contribution in [2.24, 2.45) is 0 Å². The maximum Gasteiger partial charge on any atom is 0.348 e. The maximum absolute atomic E-state index is 11.0. The molecule has 1 heterocycles. The molecule has 1 radical (unpaired) electrons. The Morgan fingerprint density at radius 3 is 2.17 bits per heavy atom. The third-order valence-corrected chi connectivity index (χ3v) is 2.15. The van der Waals surface area contributed by atoms with Crippen LogP contribution in [0.4, 0.5) is 22.7 Å². The molecular formula is C8H3N4O6. The lowest BCUT2D eigenvalue weighted by Gasteiger charge is -2.14. The smallest absolute Gasteiger partial charge is 0.316 e. The molecule has 0 unspecified atom stereocenters. The molecule has 1 aromatic carbocycles. The number of nitro groups is 2. The average Bonchev–Trinajstić information content (AvgIpc) is 2.28. The SMILES string of the molecule is O=C1[N]c2cc([N+](=O)[O-])c([N+](=O)[O-])cc2NC1=O. The highest BCUT2D eigenvalue weighted by Crippen LogP contribution is 2.37. The van der Waals surface area contributed by atoms with E-state index >= 15 is 0 Å². The minimum absolute atomic E-state index is 0.114. The van der Waals surface area contributed by atoms with Gasteiger partial charge >= 0.3 is 23.2 Å². The molecule has 1 N–H and O–H groups in total. The Bertz CT molecular complexity index is 557. The lowest BCUT2D eigenvalue weighted by molar-refractivity contribution is -0.422. The molecule has 0 saturated heterocycles. The molecule has 91 valence electrons. The molecule has 0 atom stereocenters. The van der Waals surface area contributed by atoms with Crippen LogP contribution in [0.15, 0.2) is 12.1 Å². The molecule has 0 saturated carbocycles. The monoisotopic (exact) mass is 251 g/mol. The van der Waals surface area contributed by atoms with Crippen molar-refractivity contribution in [3.05, 3.63) is 32.4 Å². The number of rotatable bonds is 2. The van der Waals surface area contributed by atoms with Crippen molar-refractivity contribution in [3.8, 4) is 0 Å². The standard InChI is InChI=1S/C8H3N4O6/c13-7-8(14)10-4-2-6(12(17)18)5(11(15)16)1-3(4)9-7/h1-2H,(H,9,13). The van der Waals surface area contributed by atoms with E-state index in [9.17, 15) is 29.8 Å². The van der Waals surface area contributed by atoms with E-state index in [0.717, 1.165) is 12.1 Å². The van der Waals surface area contributed by atoms with E-state index < -0.39 is 33.0 Å². The van der Waals surface area contributed by atoms with Gasteiger partial charge < -0.3 is 5.32 Å². The number of nitrogens with one attached hydrogen (secondary N) is 1. The first kappa shape index (κ1) is 11.4. The number of benzene rings is 1. The van der Waals surface area contributed by atoms with Crippen LogP contribution in [0.2, 0.25) is 0 Å². The molecule has 0 bridgehead atoms. The van der Waals surface area contributed by atoms with Crippen molar-refractivity contribution in [2.75, 3.05) is 5.32 Å². The number of hydrogen-bond donors (Lipinski definition) is 1. The van der Waals surface area contributed by atoms with Gasteiger partial charge in [-0.2, -0.15) is 0 Å². The van der Waals surface area contributed by atoms with Crippen LogP contribution >= 0.6 is 0 Å². The highest BCUT2D eigenvalue weighted by Gasteiger charge is 2.32. The third kappa shape index (κ3) is 1.71. The Balaban J connectivity index is 2.63. The highest BCUT2D eigenvalue weighted by atomic mass is 16.6. The molecule has 0 aliphatic carbocycles. The second-order valence-electron chi connectivity index (χ2n) is 3.24. The maximum atomic E-state index is 11.0. The van der Waals surface area contributed by atoms with Crippen molar-refractivity contribution in [3.63, 3.8) is 0 Å². The van der Waals surface area contributed by atoms with E-state index in [1.165, 1.54) is 0 Å². The van der Waals surface area contributed by atoms with Crippen molar-refractivity contribution in [1.29, 1.82) is 0 Å². The summed E-state index contributed by atoms with van der Waals surface area (Å²) in [5.74, 6) is -2.17. The molecule has 1 aliphatic rings. The zero-order valence-corrected chi connectivity index (χ0v) is 8.45. The summed E-state index contributed by atoms with van der Waals surface area (Å²) in [6.45, 7) is 0. The number of carbonyl (C=O) groups excluding carboxylic acids is 2. The first-order valence-electron chi connectivity index (χ1n) is 4.44. The predicted octanol–water partition coefficient (Wildman–Crippen LogP) is 0.218. The first-order chi connectivity index (χ1) is 8.40. The van der Waals surface area contributed by atoms with Crippen LogP contribution in [0.3, 0.4) is 0 Å². The molecule has 2 amide bonds. The van der Waals surface area contributed by atoms with Gasteiger partial charge in [0.1, 0.15) is 0 Å². The van der Waals surface area contributed by atoms with E-state index in [0.29, 0.717) is 0 Å². The molecule has 2 rings (SSSR count). The van der Waals surface area contributed by atoms with Gasteiger partial charge in [0, 0.05) is 6.07 Å².